The highest BCUT2D eigenvalue weighted by Gasteiger charge is 2.49. The van der Waals surface area contributed by atoms with Crippen LogP contribution in [0.25, 0.3) is 22.0 Å². The molecule has 3 aliphatic heterocycles. The minimum atomic E-state index is -0.712. The topological polar surface area (TPSA) is 67.2 Å². The number of anilines is 1. The van der Waals surface area contributed by atoms with Crippen molar-refractivity contribution in [2.24, 2.45) is 5.41 Å². The van der Waals surface area contributed by atoms with Crippen LogP contribution in [0.5, 0.6) is 0 Å². The maximum absolute atomic E-state index is 14.7. The average molecular weight is 489 g/mol. The highest BCUT2D eigenvalue weighted by molar-refractivity contribution is 7.99. The molecule has 3 aliphatic rings. The van der Waals surface area contributed by atoms with E-state index in [2.05, 4.69) is 10.3 Å². The van der Waals surface area contributed by atoms with Crippen LogP contribution in [-0.4, -0.2) is 40.8 Å². The molecule has 0 bridgehead atoms. The van der Waals surface area contributed by atoms with Crippen molar-refractivity contribution in [1.29, 1.82) is 0 Å². The number of hydrogen-bond donors (Lipinski definition) is 1. The van der Waals surface area contributed by atoms with Gasteiger partial charge in [0.25, 0.3) is 0 Å². The Morgan fingerprint density at radius 2 is 2.03 bits per heavy atom. The number of carbonyl (C=O) groups is 1. The van der Waals surface area contributed by atoms with Crippen molar-refractivity contribution in [1.82, 2.24) is 14.9 Å². The second-order valence-corrected chi connectivity index (χ2v) is 10.3. The summed E-state index contributed by atoms with van der Waals surface area (Å²) in [5, 5.41) is 3.83. The van der Waals surface area contributed by atoms with Crippen molar-refractivity contribution in [2.45, 2.75) is 24.3 Å². The molecule has 0 saturated carbocycles. The van der Waals surface area contributed by atoms with Gasteiger partial charge in [0, 0.05) is 59.4 Å². The molecule has 10 heteroatoms. The summed E-state index contributed by atoms with van der Waals surface area (Å²) in [5.74, 6) is -0.240. The van der Waals surface area contributed by atoms with Gasteiger partial charge in [0.1, 0.15) is 17.5 Å². The zero-order chi connectivity index (χ0) is 22.9. The summed E-state index contributed by atoms with van der Waals surface area (Å²) in [7, 11) is 0. The Kier molecular flexibility index (Phi) is 4.71. The van der Waals surface area contributed by atoms with Crippen LogP contribution in [0.1, 0.15) is 12.8 Å². The number of thioether (sulfide) groups is 1. The van der Waals surface area contributed by atoms with E-state index in [1.165, 1.54) is 23.9 Å². The molecule has 1 aromatic heterocycles. The first-order valence-electron chi connectivity index (χ1n) is 10.8. The number of nitrogens with one attached hydrogen (secondary N) is 1. The molecule has 3 aromatic rings. The van der Waals surface area contributed by atoms with E-state index in [9.17, 15) is 18.4 Å². The minimum absolute atomic E-state index is 0.0364. The SMILES string of the molecule is O=C1NCC12CCCN(c1nc(=O)n3c4c(c(-c5ccc(F)cc5F)c(Cl)cc14)SCC3)C2. The van der Waals surface area contributed by atoms with Crippen molar-refractivity contribution < 1.29 is 13.6 Å². The van der Waals surface area contributed by atoms with Crippen molar-refractivity contribution in [3.63, 3.8) is 0 Å². The molecule has 6 rings (SSSR count). The number of piperidine rings is 1. The molecule has 170 valence electrons. The lowest BCUT2D eigenvalue weighted by molar-refractivity contribution is -0.140. The lowest BCUT2D eigenvalue weighted by atomic mass is 9.74. The number of nitrogens with zero attached hydrogens (tertiary/aromatic N) is 3. The normalized spacial score (nSPS) is 21.9. The fourth-order valence-electron chi connectivity index (χ4n) is 5.19. The number of rotatable bonds is 2. The molecular weight excluding hydrogens is 470 g/mol. The minimum Gasteiger partial charge on any atom is -0.355 e. The van der Waals surface area contributed by atoms with E-state index in [0.29, 0.717) is 64.1 Å². The van der Waals surface area contributed by atoms with Gasteiger partial charge in [-0.3, -0.25) is 9.36 Å². The second kappa shape index (κ2) is 7.43. The van der Waals surface area contributed by atoms with Gasteiger partial charge in [-0.1, -0.05) is 11.6 Å². The van der Waals surface area contributed by atoms with E-state index in [1.54, 1.807) is 10.6 Å². The Labute approximate surface area is 196 Å². The Morgan fingerprint density at radius 1 is 1.18 bits per heavy atom. The Hall–Kier alpha value is -2.65. The van der Waals surface area contributed by atoms with Crippen LogP contribution in [0.2, 0.25) is 5.02 Å². The largest absolute Gasteiger partial charge is 0.355 e. The van der Waals surface area contributed by atoms with Gasteiger partial charge in [0.05, 0.1) is 16.0 Å². The van der Waals surface area contributed by atoms with E-state index in [-0.39, 0.29) is 17.2 Å². The number of carbonyl (C=O) groups excluding carboxylic acids is 1. The quantitative estimate of drug-likeness (QED) is 0.555. The van der Waals surface area contributed by atoms with Crippen LogP contribution < -0.4 is 15.9 Å². The monoisotopic (exact) mass is 488 g/mol. The molecule has 1 unspecified atom stereocenters. The number of hydrogen-bond acceptors (Lipinski definition) is 5. The highest BCUT2D eigenvalue weighted by atomic mass is 35.5. The number of amides is 1. The third-order valence-corrected chi connectivity index (χ3v) is 8.23. The zero-order valence-corrected chi connectivity index (χ0v) is 19.0. The molecular formula is C23H19ClF2N4O2S. The van der Waals surface area contributed by atoms with Gasteiger partial charge in [0.15, 0.2) is 0 Å². The van der Waals surface area contributed by atoms with Crippen molar-refractivity contribution in [3.8, 4) is 11.1 Å². The second-order valence-electron chi connectivity index (χ2n) is 8.79. The molecule has 2 fully saturated rings. The average Bonchev–Trinajstić information content (AvgIpc) is 2.81. The Bertz CT molecular complexity index is 1410. The van der Waals surface area contributed by atoms with Crippen LogP contribution >= 0.6 is 23.4 Å². The third kappa shape index (κ3) is 3.09. The molecule has 1 atom stereocenters. The maximum Gasteiger partial charge on any atom is 0.350 e. The highest BCUT2D eigenvalue weighted by Crippen LogP contribution is 2.47. The lowest BCUT2D eigenvalue weighted by Gasteiger charge is -2.47. The summed E-state index contributed by atoms with van der Waals surface area (Å²) in [6, 6.07) is 5.11. The van der Waals surface area contributed by atoms with E-state index in [0.717, 1.165) is 18.9 Å². The first-order chi connectivity index (χ1) is 15.9. The molecule has 1 N–H and O–H groups in total. The van der Waals surface area contributed by atoms with Crippen LogP contribution in [-0.2, 0) is 11.3 Å². The molecule has 4 heterocycles. The van der Waals surface area contributed by atoms with Crippen molar-refractivity contribution in [3.05, 3.63) is 51.4 Å². The Balaban J connectivity index is 1.59. The van der Waals surface area contributed by atoms with Gasteiger partial charge in [-0.15, -0.1) is 11.8 Å². The van der Waals surface area contributed by atoms with Crippen molar-refractivity contribution in [2.75, 3.05) is 30.3 Å². The van der Waals surface area contributed by atoms with E-state index < -0.39 is 17.0 Å². The summed E-state index contributed by atoms with van der Waals surface area (Å²) in [4.78, 5) is 32.4. The third-order valence-electron chi connectivity index (χ3n) is 6.86. The van der Waals surface area contributed by atoms with Crippen LogP contribution in [0.4, 0.5) is 14.6 Å². The van der Waals surface area contributed by atoms with E-state index in [1.807, 2.05) is 4.90 Å². The first kappa shape index (κ1) is 20.9. The number of aromatic nitrogens is 2. The summed E-state index contributed by atoms with van der Waals surface area (Å²) in [6.45, 7) is 2.25. The van der Waals surface area contributed by atoms with E-state index in [4.69, 9.17) is 11.6 Å². The van der Waals surface area contributed by atoms with Crippen LogP contribution in [0.15, 0.2) is 34.0 Å². The number of halogens is 3. The first-order valence-corrected chi connectivity index (χ1v) is 12.1. The predicted molar refractivity (Wildman–Crippen MR) is 124 cm³/mol. The fraction of sp³-hybridized carbons (Fsp3) is 0.348. The van der Waals surface area contributed by atoms with Gasteiger partial charge in [0.2, 0.25) is 5.91 Å². The molecule has 6 nitrogen and oxygen atoms in total. The Morgan fingerprint density at radius 3 is 2.76 bits per heavy atom. The van der Waals surface area contributed by atoms with Gasteiger partial charge < -0.3 is 10.2 Å². The zero-order valence-electron chi connectivity index (χ0n) is 17.5. The molecule has 0 aliphatic carbocycles. The van der Waals surface area contributed by atoms with Crippen molar-refractivity contribution >= 4 is 46.0 Å². The number of benzene rings is 2. The molecule has 0 radical (unpaired) electrons. The summed E-state index contributed by atoms with van der Waals surface area (Å²) in [6.07, 6.45) is 1.62. The molecule has 1 amide bonds. The van der Waals surface area contributed by atoms with Crippen LogP contribution in [0, 0.1) is 17.0 Å². The van der Waals surface area contributed by atoms with Gasteiger partial charge in [-0.25, -0.2) is 13.6 Å². The van der Waals surface area contributed by atoms with Gasteiger partial charge in [-0.05, 0) is 31.0 Å². The molecule has 2 aromatic carbocycles. The lowest BCUT2D eigenvalue weighted by Crippen LogP contribution is -2.65. The van der Waals surface area contributed by atoms with Gasteiger partial charge in [-0.2, -0.15) is 4.98 Å². The smallest absolute Gasteiger partial charge is 0.350 e. The maximum atomic E-state index is 14.7. The van der Waals surface area contributed by atoms with Gasteiger partial charge >= 0.3 is 5.69 Å². The fourth-order valence-corrected chi connectivity index (χ4v) is 6.75. The standard InChI is InChI=1S/C23H19ClF2N4O2S/c24-15-9-14-18-19(17(15)13-3-2-12(25)8-16(13)26)33-7-6-30(18)22(32)28-20(14)29-5-1-4-23(11-29)10-27-21(23)31/h2-3,8-9H,1,4-7,10-11H2,(H,27,31). The van der Waals surface area contributed by atoms with E-state index >= 15 is 0 Å². The summed E-state index contributed by atoms with van der Waals surface area (Å²) in [5.41, 5.74) is 0.460. The summed E-state index contributed by atoms with van der Waals surface area (Å²) >= 11 is 8.20. The van der Waals surface area contributed by atoms with Crippen LogP contribution in [0.3, 0.4) is 0 Å². The number of aryl methyl sites for hydroxylation is 1. The molecule has 1 spiro atoms. The number of β-lactam (4-membered cyclic amide) rings is 1. The summed E-state index contributed by atoms with van der Waals surface area (Å²) < 4.78 is 29.9. The molecule has 2 saturated heterocycles. The predicted octanol–water partition coefficient (Wildman–Crippen LogP) is 3.82. The molecule has 33 heavy (non-hydrogen) atoms.